The molecule has 3 aliphatic heterocycles. The number of rotatable bonds is 10. The van der Waals surface area contributed by atoms with E-state index >= 15 is 0 Å². The molecule has 2 N–H and O–H groups in total. The average Bonchev–Trinajstić information content (AvgIpc) is 3.05. The van der Waals surface area contributed by atoms with Gasteiger partial charge in [-0.15, -0.1) is 0 Å². The van der Waals surface area contributed by atoms with Gasteiger partial charge >= 0.3 is 0 Å². The number of likely N-dealkylation sites (tertiary alicyclic amines) is 1. The Kier molecular flexibility index (Phi) is 9.95. The number of amides is 3. The molecule has 40 heavy (non-hydrogen) atoms. The minimum Gasteiger partial charge on any atom is -0.366 e. The Bertz CT molecular complexity index is 1170. The van der Waals surface area contributed by atoms with Crippen LogP contribution in [0.1, 0.15) is 76.6 Å². The van der Waals surface area contributed by atoms with Gasteiger partial charge in [-0.3, -0.25) is 24.2 Å². The van der Waals surface area contributed by atoms with Crippen LogP contribution in [-0.4, -0.2) is 66.8 Å². The van der Waals surface area contributed by atoms with E-state index in [0.29, 0.717) is 40.3 Å². The number of anilines is 1. The van der Waals surface area contributed by atoms with Gasteiger partial charge in [-0.1, -0.05) is 44.9 Å². The van der Waals surface area contributed by atoms with Gasteiger partial charge in [0.25, 0.3) is 5.91 Å². The highest BCUT2D eigenvalue weighted by Crippen LogP contribution is 2.32. The number of hydrogen-bond acceptors (Lipinski definition) is 5. The summed E-state index contributed by atoms with van der Waals surface area (Å²) in [7, 11) is 0. The van der Waals surface area contributed by atoms with Gasteiger partial charge in [0, 0.05) is 30.1 Å². The van der Waals surface area contributed by atoms with E-state index in [2.05, 4.69) is 43.2 Å². The zero-order valence-electron chi connectivity index (χ0n) is 24.4. The van der Waals surface area contributed by atoms with Crippen molar-refractivity contribution in [2.24, 2.45) is 11.3 Å². The summed E-state index contributed by atoms with van der Waals surface area (Å²) in [5.74, 6) is 1.09. The number of dihydropyridines is 1. The monoisotopic (exact) mass is 569 g/mol. The Morgan fingerprint density at radius 3 is 2.62 bits per heavy atom. The SMILES string of the molecule is CCCC(C)(C)C(=O)N(CC)CCCC1CCN(CC(=O)N2C3=C(C=CCN3)NC(=O)c3cc(Cl)ccc32)CC1. The summed E-state index contributed by atoms with van der Waals surface area (Å²) in [5, 5.41) is 6.64. The van der Waals surface area contributed by atoms with Gasteiger partial charge in [0.15, 0.2) is 0 Å². The molecule has 3 heterocycles. The van der Waals surface area contributed by atoms with E-state index in [9.17, 15) is 14.4 Å². The number of carbonyl (C=O) groups excluding carboxylic acids is 3. The Labute approximate surface area is 243 Å². The van der Waals surface area contributed by atoms with Crippen molar-refractivity contribution in [2.75, 3.05) is 44.2 Å². The topological polar surface area (TPSA) is 85.0 Å². The average molecular weight is 570 g/mol. The predicted molar refractivity (Wildman–Crippen MR) is 160 cm³/mol. The second-order valence-corrected chi connectivity index (χ2v) is 12.2. The van der Waals surface area contributed by atoms with Crippen molar-refractivity contribution in [3.8, 4) is 0 Å². The zero-order chi connectivity index (χ0) is 28.9. The van der Waals surface area contributed by atoms with Crippen LogP contribution >= 0.6 is 11.6 Å². The predicted octanol–water partition coefficient (Wildman–Crippen LogP) is 4.91. The maximum Gasteiger partial charge on any atom is 0.257 e. The van der Waals surface area contributed by atoms with Crippen LogP contribution in [0, 0.1) is 11.3 Å². The summed E-state index contributed by atoms with van der Waals surface area (Å²) in [6, 6.07) is 5.06. The molecule has 1 aromatic carbocycles. The third-order valence-corrected chi connectivity index (χ3v) is 8.56. The number of carbonyl (C=O) groups is 3. The van der Waals surface area contributed by atoms with Gasteiger partial charge < -0.3 is 15.5 Å². The van der Waals surface area contributed by atoms with E-state index < -0.39 is 0 Å². The zero-order valence-corrected chi connectivity index (χ0v) is 25.1. The highest BCUT2D eigenvalue weighted by Gasteiger charge is 2.34. The van der Waals surface area contributed by atoms with E-state index in [4.69, 9.17) is 11.6 Å². The normalized spacial score (nSPS) is 18.0. The Hall–Kier alpha value is -2.84. The molecule has 4 rings (SSSR count). The van der Waals surface area contributed by atoms with Crippen LogP contribution in [0.5, 0.6) is 0 Å². The second-order valence-electron chi connectivity index (χ2n) is 11.8. The van der Waals surface area contributed by atoms with Crippen molar-refractivity contribution >= 4 is 35.0 Å². The quantitative estimate of drug-likeness (QED) is 0.418. The molecule has 9 heteroatoms. The van der Waals surface area contributed by atoms with Crippen LogP contribution in [-0.2, 0) is 9.59 Å². The molecule has 0 aliphatic carbocycles. The van der Waals surface area contributed by atoms with Crippen molar-refractivity contribution in [1.82, 2.24) is 20.4 Å². The molecule has 218 valence electrons. The van der Waals surface area contributed by atoms with Crippen LogP contribution in [0.15, 0.2) is 41.9 Å². The summed E-state index contributed by atoms with van der Waals surface area (Å²) in [4.78, 5) is 45.6. The van der Waals surface area contributed by atoms with Gasteiger partial charge in [-0.25, -0.2) is 0 Å². The van der Waals surface area contributed by atoms with E-state index in [0.717, 1.165) is 64.7 Å². The molecular weight excluding hydrogens is 526 g/mol. The highest BCUT2D eigenvalue weighted by atomic mass is 35.5. The molecule has 0 unspecified atom stereocenters. The number of hydrogen-bond donors (Lipinski definition) is 2. The number of benzene rings is 1. The molecular formula is C31H44ClN5O3. The molecule has 3 amide bonds. The molecule has 0 radical (unpaired) electrons. The number of piperidine rings is 1. The molecule has 0 bridgehead atoms. The fourth-order valence-electron chi connectivity index (χ4n) is 6.09. The van der Waals surface area contributed by atoms with Crippen LogP contribution in [0.3, 0.4) is 0 Å². The minimum absolute atomic E-state index is 0.0828. The summed E-state index contributed by atoms with van der Waals surface area (Å²) in [6.45, 7) is 12.4. The van der Waals surface area contributed by atoms with Crippen molar-refractivity contribution in [2.45, 2.75) is 66.2 Å². The van der Waals surface area contributed by atoms with Gasteiger partial charge in [0.2, 0.25) is 11.8 Å². The van der Waals surface area contributed by atoms with Crippen molar-refractivity contribution < 1.29 is 14.4 Å². The van der Waals surface area contributed by atoms with Crippen molar-refractivity contribution in [3.05, 3.63) is 52.5 Å². The number of halogens is 1. The van der Waals surface area contributed by atoms with Gasteiger partial charge in [0.1, 0.15) is 5.82 Å². The standard InChI is InChI=1S/C31H44ClN5O3/c1-5-15-31(3,4)30(40)36(6-2)17-8-9-22-13-18-35(19-14-22)21-27(38)37-26-12-11-23(32)20-24(26)29(39)34-25-10-7-16-33-28(25)37/h7,10-12,20,22,33H,5-6,8-9,13-19,21H2,1-4H3,(H,34,39). The highest BCUT2D eigenvalue weighted by molar-refractivity contribution is 6.31. The Morgan fingerprint density at radius 2 is 1.93 bits per heavy atom. The molecule has 8 nitrogen and oxygen atoms in total. The lowest BCUT2D eigenvalue weighted by Crippen LogP contribution is -2.46. The van der Waals surface area contributed by atoms with E-state index in [1.54, 1.807) is 23.1 Å². The first-order valence-corrected chi connectivity index (χ1v) is 15.1. The summed E-state index contributed by atoms with van der Waals surface area (Å²) >= 11 is 6.20. The third-order valence-electron chi connectivity index (χ3n) is 8.32. The van der Waals surface area contributed by atoms with Gasteiger partial charge in [0.05, 0.1) is 23.5 Å². The maximum absolute atomic E-state index is 13.8. The Morgan fingerprint density at radius 1 is 1.18 bits per heavy atom. The molecule has 0 spiro atoms. The van der Waals surface area contributed by atoms with Crippen molar-refractivity contribution in [3.63, 3.8) is 0 Å². The first kappa shape index (κ1) is 30.1. The minimum atomic E-state index is -0.299. The molecule has 0 atom stereocenters. The maximum atomic E-state index is 13.8. The van der Waals surface area contributed by atoms with Crippen LogP contribution < -0.4 is 15.5 Å². The van der Waals surface area contributed by atoms with Crippen LogP contribution in [0.25, 0.3) is 0 Å². The van der Waals surface area contributed by atoms with Crippen LogP contribution in [0.4, 0.5) is 5.69 Å². The molecule has 3 aliphatic rings. The fraction of sp³-hybridized carbons (Fsp3) is 0.581. The Balaban J connectivity index is 1.33. The van der Waals surface area contributed by atoms with Crippen LogP contribution in [0.2, 0.25) is 5.02 Å². The first-order chi connectivity index (χ1) is 19.1. The molecule has 1 saturated heterocycles. The second kappa shape index (κ2) is 13.2. The number of nitrogens with one attached hydrogen (secondary N) is 2. The summed E-state index contributed by atoms with van der Waals surface area (Å²) in [6.07, 6.45) is 9.85. The third kappa shape index (κ3) is 6.89. The molecule has 0 saturated carbocycles. The van der Waals surface area contributed by atoms with E-state index in [1.165, 1.54) is 0 Å². The number of fused-ring (bicyclic) bond motifs is 1. The lowest BCUT2D eigenvalue weighted by Gasteiger charge is -2.35. The fourth-order valence-corrected chi connectivity index (χ4v) is 6.26. The smallest absolute Gasteiger partial charge is 0.257 e. The van der Waals surface area contributed by atoms with Gasteiger partial charge in [-0.05, 0) is 82.3 Å². The van der Waals surface area contributed by atoms with E-state index in [1.807, 2.05) is 17.1 Å². The van der Waals surface area contributed by atoms with Gasteiger partial charge in [-0.2, -0.15) is 0 Å². The lowest BCUT2D eigenvalue weighted by atomic mass is 9.86. The summed E-state index contributed by atoms with van der Waals surface area (Å²) < 4.78 is 0. The molecule has 1 fully saturated rings. The number of nitrogens with zero attached hydrogens (tertiary/aromatic N) is 3. The summed E-state index contributed by atoms with van der Waals surface area (Å²) in [5.41, 5.74) is 1.19. The molecule has 1 aromatic rings. The molecule has 0 aromatic heterocycles. The van der Waals surface area contributed by atoms with Crippen molar-refractivity contribution in [1.29, 1.82) is 0 Å². The van der Waals surface area contributed by atoms with E-state index in [-0.39, 0.29) is 29.7 Å². The lowest BCUT2D eigenvalue weighted by molar-refractivity contribution is -0.140. The first-order valence-electron chi connectivity index (χ1n) is 14.7. The largest absolute Gasteiger partial charge is 0.366 e. The number of allylic oxidation sites excluding steroid dienone is 1.